The first-order chi connectivity index (χ1) is 8.70. The molecule has 0 radical (unpaired) electrons. The van der Waals surface area contributed by atoms with Crippen LogP contribution in [-0.2, 0) is 0 Å². The highest BCUT2D eigenvalue weighted by Crippen LogP contribution is 2.34. The number of anilines is 1. The van der Waals surface area contributed by atoms with E-state index in [0.717, 1.165) is 18.9 Å². The monoisotopic (exact) mass is 251 g/mol. The third-order valence-electron chi connectivity index (χ3n) is 2.34. The van der Waals surface area contributed by atoms with Crippen LogP contribution < -0.4 is 10.1 Å². The Morgan fingerprint density at radius 3 is 2.39 bits per heavy atom. The standard InChI is InChI=1S/C11H15NO.C3H8.C2H6/c1-8(2)9-4-3-5-10-11(9)12-6-7-13-10;1-3-2;1-2/h3-5,8,12H,6-7H2,1-2H3;3H2,1-2H3;1-2H3. The second-order valence-electron chi connectivity index (χ2n) is 4.36. The summed E-state index contributed by atoms with van der Waals surface area (Å²) >= 11 is 0. The van der Waals surface area contributed by atoms with E-state index in [1.54, 1.807) is 0 Å². The zero-order valence-electron chi connectivity index (χ0n) is 12.8. The van der Waals surface area contributed by atoms with Gasteiger partial charge >= 0.3 is 0 Å². The fourth-order valence-corrected chi connectivity index (χ4v) is 1.68. The molecule has 1 aromatic carbocycles. The van der Waals surface area contributed by atoms with Crippen molar-refractivity contribution >= 4 is 5.69 Å². The van der Waals surface area contributed by atoms with E-state index in [9.17, 15) is 0 Å². The van der Waals surface area contributed by atoms with Crippen LogP contribution in [0.3, 0.4) is 0 Å². The van der Waals surface area contributed by atoms with Crippen LogP contribution in [0.1, 0.15) is 59.4 Å². The molecule has 0 saturated carbocycles. The maximum atomic E-state index is 5.55. The van der Waals surface area contributed by atoms with Gasteiger partial charge in [0.05, 0.1) is 5.69 Å². The van der Waals surface area contributed by atoms with Crippen molar-refractivity contribution in [3.05, 3.63) is 23.8 Å². The summed E-state index contributed by atoms with van der Waals surface area (Å²) in [6.07, 6.45) is 1.25. The Bertz CT molecular complexity index is 321. The summed E-state index contributed by atoms with van der Waals surface area (Å²) in [6, 6.07) is 6.24. The van der Waals surface area contributed by atoms with Crippen LogP contribution in [-0.4, -0.2) is 13.2 Å². The molecule has 1 aliphatic rings. The zero-order valence-corrected chi connectivity index (χ0v) is 12.8. The van der Waals surface area contributed by atoms with Crippen LogP contribution in [0.5, 0.6) is 5.75 Å². The quantitative estimate of drug-likeness (QED) is 0.753. The smallest absolute Gasteiger partial charge is 0.142 e. The van der Waals surface area contributed by atoms with E-state index in [-0.39, 0.29) is 0 Å². The van der Waals surface area contributed by atoms with Gasteiger partial charge in [-0.15, -0.1) is 0 Å². The van der Waals surface area contributed by atoms with Crippen molar-refractivity contribution in [2.24, 2.45) is 0 Å². The van der Waals surface area contributed by atoms with Gasteiger partial charge in [0.2, 0.25) is 0 Å². The predicted octanol–water partition coefficient (Wildman–Crippen LogP) is 5.06. The van der Waals surface area contributed by atoms with Gasteiger partial charge in [-0.25, -0.2) is 0 Å². The van der Waals surface area contributed by atoms with E-state index in [4.69, 9.17) is 4.74 Å². The minimum atomic E-state index is 0.546. The average Bonchev–Trinajstić information content (AvgIpc) is 2.41. The summed E-state index contributed by atoms with van der Waals surface area (Å²) in [6.45, 7) is 14.3. The Kier molecular flexibility index (Phi) is 9.17. The van der Waals surface area contributed by atoms with E-state index in [1.165, 1.54) is 17.7 Å². The second kappa shape index (κ2) is 9.81. The Labute approximate surface area is 113 Å². The van der Waals surface area contributed by atoms with E-state index < -0.39 is 0 Å². The summed E-state index contributed by atoms with van der Waals surface area (Å²) in [7, 11) is 0. The highest BCUT2D eigenvalue weighted by atomic mass is 16.5. The number of nitrogens with one attached hydrogen (secondary N) is 1. The minimum absolute atomic E-state index is 0.546. The fourth-order valence-electron chi connectivity index (χ4n) is 1.68. The third kappa shape index (κ3) is 4.99. The molecule has 0 saturated heterocycles. The molecule has 2 nitrogen and oxygen atoms in total. The van der Waals surface area contributed by atoms with E-state index in [0.29, 0.717) is 5.92 Å². The summed E-state index contributed by atoms with van der Waals surface area (Å²) in [4.78, 5) is 0. The van der Waals surface area contributed by atoms with E-state index in [2.05, 4.69) is 45.1 Å². The van der Waals surface area contributed by atoms with E-state index >= 15 is 0 Å². The molecule has 0 aliphatic carbocycles. The number of rotatable bonds is 1. The van der Waals surface area contributed by atoms with Crippen LogP contribution >= 0.6 is 0 Å². The number of benzene rings is 1. The molecule has 1 N–H and O–H groups in total. The molecule has 0 bridgehead atoms. The lowest BCUT2D eigenvalue weighted by Gasteiger charge is -2.23. The van der Waals surface area contributed by atoms with Gasteiger partial charge in [0.1, 0.15) is 12.4 Å². The van der Waals surface area contributed by atoms with Gasteiger partial charge in [-0.1, -0.05) is 60.1 Å². The number of hydrogen-bond acceptors (Lipinski definition) is 2. The zero-order chi connectivity index (χ0) is 14.0. The number of ether oxygens (including phenoxy) is 1. The van der Waals surface area contributed by atoms with Crippen LogP contribution in [0.4, 0.5) is 5.69 Å². The summed E-state index contributed by atoms with van der Waals surface area (Å²) in [5.74, 6) is 1.54. The number of hydrogen-bond donors (Lipinski definition) is 1. The van der Waals surface area contributed by atoms with Gasteiger partial charge in [-0.2, -0.15) is 0 Å². The van der Waals surface area contributed by atoms with Crippen molar-refractivity contribution in [1.82, 2.24) is 0 Å². The molecule has 0 amide bonds. The van der Waals surface area contributed by atoms with Crippen molar-refractivity contribution in [2.45, 2.75) is 53.9 Å². The average molecular weight is 251 g/mol. The molecule has 0 unspecified atom stereocenters. The lowest BCUT2D eigenvalue weighted by atomic mass is 10.00. The molecule has 2 heteroatoms. The van der Waals surface area contributed by atoms with Gasteiger partial charge in [0.15, 0.2) is 0 Å². The lowest BCUT2D eigenvalue weighted by Crippen LogP contribution is -2.19. The van der Waals surface area contributed by atoms with Crippen LogP contribution in [0.25, 0.3) is 0 Å². The Morgan fingerprint density at radius 2 is 1.83 bits per heavy atom. The van der Waals surface area contributed by atoms with Crippen molar-refractivity contribution in [2.75, 3.05) is 18.5 Å². The van der Waals surface area contributed by atoms with Gasteiger partial charge in [-0.05, 0) is 17.5 Å². The molecule has 0 fully saturated rings. The second-order valence-corrected chi connectivity index (χ2v) is 4.36. The highest BCUT2D eigenvalue weighted by Gasteiger charge is 2.14. The van der Waals surface area contributed by atoms with Crippen LogP contribution in [0.2, 0.25) is 0 Å². The summed E-state index contributed by atoms with van der Waals surface area (Å²) < 4.78 is 5.55. The first-order valence-electron chi connectivity index (χ1n) is 7.20. The summed E-state index contributed by atoms with van der Waals surface area (Å²) in [5.41, 5.74) is 2.53. The molecule has 1 heterocycles. The molecule has 104 valence electrons. The molecule has 18 heavy (non-hydrogen) atoms. The SMILES string of the molecule is CC.CC(C)c1cccc2c1NCCO2.CCC. The normalized spacial score (nSPS) is 11.9. The molecule has 2 rings (SSSR count). The first-order valence-corrected chi connectivity index (χ1v) is 7.20. The maximum absolute atomic E-state index is 5.55. The maximum Gasteiger partial charge on any atom is 0.142 e. The lowest BCUT2D eigenvalue weighted by molar-refractivity contribution is 0.322. The Hall–Kier alpha value is -1.18. The molecular formula is C16H29NO. The first kappa shape index (κ1) is 16.8. The molecule has 0 aromatic heterocycles. The molecule has 1 aromatic rings. The summed E-state index contributed by atoms with van der Waals surface area (Å²) in [5, 5.41) is 3.39. The largest absolute Gasteiger partial charge is 0.490 e. The van der Waals surface area contributed by atoms with Crippen molar-refractivity contribution < 1.29 is 4.74 Å². The van der Waals surface area contributed by atoms with Gasteiger partial charge in [0.25, 0.3) is 0 Å². The van der Waals surface area contributed by atoms with Gasteiger partial charge in [0, 0.05) is 6.54 Å². The predicted molar refractivity (Wildman–Crippen MR) is 81.8 cm³/mol. The minimum Gasteiger partial charge on any atom is -0.490 e. The highest BCUT2D eigenvalue weighted by molar-refractivity contribution is 5.64. The Balaban J connectivity index is 0.000000509. The van der Waals surface area contributed by atoms with Crippen LogP contribution in [0.15, 0.2) is 18.2 Å². The van der Waals surface area contributed by atoms with E-state index in [1.807, 2.05) is 19.9 Å². The van der Waals surface area contributed by atoms with Crippen molar-refractivity contribution in [3.63, 3.8) is 0 Å². The molecular weight excluding hydrogens is 222 g/mol. The van der Waals surface area contributed by atoms with Crippen molar-refractivity contribution in [3.8, 4) is 5.75 Å². The fraction of sp³-hybridized carbons (Fsp3) is 0.625. The van der Waals surface area contributed by atoms with Crippen molar-refractivity contribution in [1.29, 1.82) is 0 Å². The third-order valence-corrected chi connectivity index (χ3v) is 2.34. The Morgan fingerprint density at radius 1 is 1.22 bits per heavy atom. The van der Waals surface area contributed by atoms with Crippen LogP contribution in [0, 0.1) is 0 Å². The molecule has 1 aliphatic heterocycles. The topological polar surface area (TPSA) is 21.3 Å². The number of fused-ring (bicyclic) bond motifs is 1. The van der Waals surface area contributed by atoms with Gasteiger partial charge < -0.3 is 10.1 Å². The number of para-hydroxylation sites is 1. The molecule has 0 atom stereocenters. The van der Waals surface area contributed by atoms with Gasteiger partial charge in [-0.3, -0.25) is 0 Å². The molecule has 0 spiro atoms.